The lowest BCUT2D eigenvalue weighted by atomic mass is 9.92. The number of fused-ring (bicyclic) bond motifs is 1. The van der Waals surface area contributed by atoms with Gasteiger partial charge in [0.1, 0.15) is 0 Å². The largest absolute Gasteiger partial charge is 0.379 e. The molecular formula is C6H12N2O. The zero-order valence-corrected chi connectivity index (χ0v) is 5.39. The standard InChI is InChI=1S/C6H12N2O/c7-6-3-8-1-5(6)2-9-4-6/h5,8H,1-4,7H2. The van der Waals surface area contributed by atoms with E-state index in [9.17, 15) is 0 Å². The summed E-state index contributed by atoms with van der Waals surface area (Å²) in [6, 6.07) is 0. The molecule has 0 amide bonds. The molecular weight excluding hydrogens is 116 g/mol. The lowest BCUT2D eigenvalue weighted by Gasteiger charge is -2.18. The Hall–Kier alpha value is -0.120. The van der Waals surface area contributed by atoms with Gasteiger partial charge in [-0.05, 0) is 0 Å². The molecule has 9 heavy (non-hydrogen) atoms. The van der Waals surface area contributed by atoms with E-state index in [-0.39, 0.29) is 5.54 Å². The number of hydrogen-bond donors (Lipinski definition) is 2. The highest BCUT2D eigenvalue weighted by Crippen LogP contribution is 2.25. The van der Waals surface area contributed by atoms with Crippen molar-refractivity contribution < 1.29 is 4.74 Å². The summed E-state index contributed by atoms with van der Waals surface area (Å²) in [6.07, 6.45) is 0. The summed E-state index contributed by atoms with van der Waals surface area (Å²) >= 11 is 0. The molecule has 2 aliphatic rings. The van der Waals surface area contributed by atoms with Crippen LogP contribution in [0.15, 0.2) is 0 Å². The summed E-state index contributed by atoms with van der Waals surface area (Å²) in [5, 5.41) is 3.26. The first-order valence-electron chi connectivity index (χ1n) is 3.39. The second-order valence-corrected chi connectivity index (χ2v) is 3.08. The molecule has 3 N–H and O–H groups in total. The number of rotatable bonds is 0. The maximum atomic E-state index is 5.98. The summed E-state index contributed by atoms with van der Waals surface area (Å²) in [7, 11) is 0. The Morgan fingerprint density at radius 2 is 2.56 bits per heavy atom. The van der Waals surface area contributed by atoms with Crippen LogP contribution in [0.25, 0.3) is 0 Å². The van der Waals surface area contributed by atoms with Crippen LogP contribution in [-0.4, -0.2) is 31.8 Å². The van der Waals surface area contributed by atoms with Crippen LogP contribution in [0.3, 0.4) is 0 Å². The second-order valence-electron chi connectivity index (χ2n) is 3.08. The van der Waals surface area contributed by atoms with E-state index in [2.05, 4.69) is 5.32 Å². The molecule has 0 aliphatic carbocycles. The minimum Gasteiger partial charge on any atom is -0.379 e. The average Bonchev–Trinajstić information content (AvgIpc) is 2.22. The van der Waals surface area contributed by atoms with Crippen molar-refractivity contribution in [2.24, 2.45) is 11.7 Å². The zero-order valence-electron chi connectivity index (χ0n) is 5.39. The minimum absolute atomic E-state index is 0.0278. The van der Waals surface area contributed by atoms with Crippen molar-refractivity contribution in [3.63, 3.8) is 0 Å². The van der Waals surface area contributed by atoms with E-state index in [0.29, 0.717) is 5.92 Å². The Kier molecular flexibility index (Phi) is 1.06. The van der Waals surface area contributed by atoms with Gasteiger partial charge in [-0.2, -0.15) is 0 Å². The molecule has 2 fully saturated rings. The molecule has 0 bridgehead atoms. The molecule has 0 saturated carbocycles. The lowest BCUT2D eigenvalue weighted by Crippen LogP contribution is -2.47. The Balaban J connectivity index is 2.17. The highest BCUT2D eigenvalue weighted by molar-refractivity contribution is 5.02. The van der Waals surface area contributed by atoms with E-state index >= 15 is 0 Å². The first kappa shape index (κ1) is 5.65. The van der Waals surface area contributed by atoms with Crippen LogP contribution >= 0.6 is 0 Å². The maximum absolute atomic E-state index is 5.98. The van der Waals surface area contributed by atoms with Gasteiger partial charge >= 0.3 is 0 Å². The van der Waals surface area contributed by atoms with Gasteiger partial charge in [0.25, 0.3) is 0 Å². The van der Waals surface area contributed by atoms with Crippen LogP contribution in [-0.2, 0) is 4.74 Å². The molecule has 2 atom stereocenters. The Morgan fingerprint density at radius 1 is 1.67 bits per heavy atom. The van der Waals surface area contributed by atoms with Gasteiger partial charge in [-0.25, -0.2) is 0 Å². The van der Waals surface area contributed by atoms with Crippen molar-refractivity contribution >= 4 is 0 Å². The molecule has 2 aliphatic heterocycles. The van der Waals surface area contributed by atoms with E-state index in [0.717, 1.165) is 26.3 Å². The summed E-state index contributed by atoms with van der Waals surface area (Å²) in [5.41, 5.74) is 5.95. The first-order chi connectivity index (χ1) is 4.31. The highest BCUT2D eigenvalue weighted by atomic mass is 16.5. The van der Waals surface area contributed by atoms with Crippen LogP contribution in [0, 0.1) is 5.92 Å². The molecule has 3 nitrogen and oxygen atoms in total. The van der Waals surface area contributed by atoms with Crippen LogP contribution < -0.4 is 11.1 Å². The molecule has 0 aromatic rings. The predicted molar refractivity (Wildman–Crippen MR) is 34.1 cm³/mol. The summed E-state index contributed by atoms with van der Waals surface area (Å²) < 4.78 is 5.25. The van der Waals surface area contributed by atoms with Gasteiger partial charge in [0.2, 0.25) is 0 Å². The van der Waals surface area contributed by atoms with E-state index in [1.54, 1.807) is 0 Å². The minimum atomic E-state index is -0.0278. The topological polar surface area (TPSA) is 47.3 Å². The fourth-order valence-electron chi connectivity index (χ4n) is 1.61. The Bertz CT molecular complexity index is 116. The Morgan fingerprint density at radius 3 is 3.33 bits per heavy atom. The van der Waals surface area contributed by atoms with Gasteiger partial charge in [0.15, 0.2) is 0 Å². The maximum Gasteiger partial charge on any atom is 0.0662 e. The van der Waals surface area contributed by atoms with E-state index in [4.69, 9.17) is 10.5 Å². The molecule has 3 heteroatoms. The van der Waals surface area contributed by atoms with Gasteiger partial charge in [-0.1, -0.05) is 0 Å². The monoisotopic (exact) mass is 128 g/mol. The van der Waals surface area contributed by atoms with Crippen molar-refractivity contribution in [1.29, 1.82) is 0 Å². The number of nitrogens with two attached hydrogens (primary N) is 1. The van der Waals surface area contributed by atoms with Crippen LogP contribution in [0.1, 0.15) is 0 Å². The second kappa shape index (κ2) is 1.68. The highest BCUT2D eigenvalue weighted by Gasteiger charge is 2.43. The van der Waals surface area contributed by atoms with Crippen molar-refractivity contribution in [2.45, 2.75) is 5.54 Å². The van der Waals surface area contributed by atoms with Gasteiger partial charge in [-0.15, -0.1) is 0 Å². The van der Waals surface area contributed by atoms with Crippen LogP contribution in [0.4, 0.5) is 0 Å². The molecule has 0 radical (unpaired) electrons. The summed E-state index contributed by atoms with van der Waals surface area (Å²) in [6.45, 7) is 3.56. The molecule has 2 heterocycles. The quantitative estimate of drug-likeness (QED) is 0.437. The Labute approximate surface area is 54.6 Å². The normalized spacial score (nSPS) is 49.7. The van der Waals surface area contributed by atoms with Gasteiger partial charge in [-0.3, -0.25) is 0 Å². The third kappa shape index (κ3) is 0.689. The number of ether oxygens (including phenoxy) is 1. The predicted octanol–water partition coefficient (Wildman–Crippen LogP) is -1.07. The average molecular weight is 128 g/mol. The third-order valence-corrected chi connectivity index (χ3v) is 2.35. The van der Waals surface area contributed by atoms with E-state index in [1.165, 1.54) is 0 Å². The van der Waals surface area contributed by atoms with Crippen LogP contribution in [0.5, 0.6) is 0 Å². The SMILES string of the molecule is NC12CNCC1COC2. The number of nitrogens with one attached hydrogen (secondary N) is 1. The summed E-state index contributed by atoms with van der Waals surface area (Å²) in [5.74, 6) is 0.567. The zero-order chi connectivity index (χ0) is 6.32. The fourth-order valence-corrected chi connectivity index (χ4v) is 1.61. The molecule has 2 unspecified atom stereocenters. The first-order valence-corrected chi connectivity index (χ1v) is 3.39. The third-order valence-electron chi connectivity index (χ3n) is 2.35. The lowest BCUT2D eigenvalue weighted by molar-refractivity contribution is 0.171. The van der Waals surface area contributed by atoms with E-state index in [1.807, 2.05) is 0 Å². The van der Waals surface area contributed by atoms with Gasteiger partial charge in [0, 0.05) is 19.0 Å². The molecule has 0 aromatic heterocycles. The van der Waals surface area contributed by atoms with Crippen molar-refractivity contribution in [1.82, 2.24) is 5.32 Å². The molecule has 2 saturated heterocycles. The fraction of sp³-hybridized carbons (Fsp3) is 1.00. The van der Waals surface area contributed by atoms with Crippen LogP contribution in [0.2, 0.25) is 0 Å². The van der Waals surface area contributed by atoms with Gasteiger partial charge in [0.05, 0.1) is 18.8 Å². The van der Waals surface area contributed by atoms with E-state index < -0.39 is 0 Å². The van der Waals surface area contributed by atoms with Crippen molar-refractivity contribution in [2.75, 3.05) is 26.3 Å². The molecule has 52 valence electrons. The molecule has 0 aromatic carbocycles. The van der Waals surface area contributed by atoms with Crippen molar-refractivity contribution in [3.05, 3.63) is 0 Å². The van der Waals surface area contributed by atoms with Gasteiger partial charge < -0.3 is 15.8 Å². The molecule has 2 rings (SSSR count). The summed E-state index contributed by atoms with van der Waals surface area (Å²) in [4.78, 5) is 0. The smallest absolute Gasteiger partial charge is 0.0662 e. The molecule has 0 spiro atoms. The number of hydrogen-bond acceptors (Lipinski definition) is 3. The van der Waals surface area contributed by atoms with Crippen molar-refractivity contribution in [3.8, 4) is 0 Å².